The van der Waals surface area contributed by atoms with Gasteiger partial charge in [0.15, 0.2) is 0 Å². The Bertz CT molecular complexity index is 934. The number of rotatable bonds is 1. The molecular formula is C31H50O4. The Kier molecular flexibility index (Phi) is 5.59. The summed E-state index contributed by atoms with van der Waals surface area (Å²) in [7, 11) is 1.55. The third kappa shape index (κ3) is 3.08. The maximum absolute atomic E-state index is 13.4. The second kappa shape index (κ2) is 7.59. The minimum Gasteiger partial charge on any atom is -0.469 e. The zero-order chi connectivity index (χ0) is 25.8. The van der Waals surface area contributed by atoms with Crippen LogP contribution in [0.1, 0.15) is 106 Å². The molecular weight excluding hydrogens is 436 g/mol. The molecule has 0 amide bonds. The van der Waals surface area contributed by atoms with Crippen LogP contribution in [0.15, 0.2) is 11.6 Å². The molecule has 4 heteroatoms. The van der Waals surface area contributed by atoms with Gasteiger partial charge in [0.25, 0.3) is 0 Å². The van der Waals surface area contributed by atoms with Crippen LogP contribution in [0, 0.1) is 50.2 Å². The number of aliphatic hydroxyl groups excluding tert-OH is 2. The van der Waals surface area contributed by atoms with Crippen LogP contribution in [0.25, 0.3) is 0 Å². The standard InChI is InChI=1S/C31H50O4/c1-26(2)13-15-31(25(34)35-8)16-14-29(6)19(20(31)18-26)9-10-21-28(5)12-11-23(32)27(3,4)22(28)17-24(33)30(21,29)7/h9,20-24,32-33H,10-18H2,1-8H3. The van der Waals surface area contributed by atoms with Crippen molar-refractivity contribution < 1.29 is 19.7 Å². The summed E-state index contributed by atoms with van der Waals surface area (Å²) in [5.74, 6) is 0.841. The van der Waals surface area contributed by atoms with E-state index in [2.05, 4.69) is 54.5 Å². The normalized spacial score (nSPS) is 52.2. The summed E-state index contributed by atoms with van der Waals surface area (Å²) in [5, 5.41) is 23.0. The summed E-state index contributed by atoms with van der Waals surface area (Å²) in [5.41, 5.74) is 0.734. The van der Waals surface area contributed by atoms with Gasteiger partial charge in [-0.25, -0.2) is 0 Å². The number of carbonyl (C=O) groups excluding carboxylic acids is 1. The van der Waals surface area contributed by atoms with E-state index in [1.807, 2.05) is 0 Å². The SMILES string of the molecule is COC(=O)C12CCC(C)(C)CC1C1=CCC3C4(C)CCC(O)C(C)(C)C4CC(O)C3(C)C1(C)CC2. The maximum atomic E-state index is 13.4. The molecule has 0 heterocycles. The van der Waals surface area contributed by atoms with E-state index >= 15 is 0 Å². The van der Waals surface area contributed by atoms with Crippen molar-refractivity contribution in [1.29, 1.82) is 0 Å². The number of esters is 1. The fraction of sp³-hybridized carbons (Fsp3) is 0.903. The first-order chi connectivity index (χ1) is 16.1. The fourth-order valence-electron chi connectivity index (χ4n) is 10.8. The highest BCUT2D eigenvalue weighted by Crippen LogP contribution is 2.75. The molecule has 4 saturated carbocycles. The predicted molar refractivity (Wildman–Crippen MR) is 138 cm³/mol. The monoisotopic (exact) mass is 486 g/mol. The lowest BCUT2D eigenvalue weighted by molar-refractivity contribution is -0.245. The van der Waals surface area contributed by atoms with Crippen LogP contribution >= 0.6 is 0 Å². The molecule has 5 rings (SSSR count). The van der Waals surface area contributed by atoms with Gasteiger partial charge in [0, 0.05) is 5.41 Å². The highest BCUT2D eigenvalue weighted by molar-refractivity contribution is 5.78. The van der Waals surface area contributed by atoms with Gasteiger partial charge in [-0.1, -0.05) is 60.1 Å². The van der Waals surface area contributed by atoms with E-state index in [4.69, 9.17) is 4.74 Å². The first-order valence-electron chi connectivity index (χ1n) is 14.3. The summed E-state index contributed by atoms with van der Waals surface area (Å²) in [4.78, 5) is 13.4. The number of hydrogen-bond acceptors (Lipinski definition) is 4. The third-order valence-corrected chi connectivity index (χ3v) is 13.3. The predicted octanol–water partition coefficient (Wildman–Crippen LogP) is 6.29. The lowest BCUT2D eigenvalue weighted by Crippen LogP contribution is -2.69. The average molecular weight is 487 g/mol. The molecule has 0 saturated heterocycles. The van der Waals surface area contributed by atoms with E-state index in [1.165, 1.54) is 5.57 Å². The molecule has 4 fully saturated rings. The minimum atomic E-state index is -0.415. The summed E-state index contributed by atoms with van der Waals surface area (Å²) >= 11 is 0. The highest BCUT2D eigenvalue weighted by Gasteiger charge is 2.71. The van der Waals surface area contributed by atoms with Crippen molar-refractivity contribution >= 4 is 5.97 Å². The molecule has 9 unspecified atom stereocenters. The molecule has 9 atom stereocenters. The maximum Gasteiger partial charge on any atom is 0.312 e. The third-order valence-electron chi connectivity index (χ3n) is 13.3. The summed E-state index contributed by atoms with van der Waals surface area (Å²) in [6.07, 6.45) is 10.2. The number of carbonyl (C=O) groups is 1. The largest absolute Gasteiger partial charge is 0.469 e. The number of fused-ring (bicyclic) bond motifs is 7. The molecule has 4 nitrogen and oxygen atoms in total. The number of methoxy groups -OCH3 is 1. The van der Waals surface area contributed by atoms with Crippen LogP contribution in [0.2, 0.25) is 0 Å². The van der Waals surface area contributed by atoms with Crippen molar-refractivity contribution in [3.8, 4) is 0 Å². The smallest absolute Gasteiger partial charge is 0.312 e. The molecule has 0 aliphatic heterocycles. The fourth-order valence-corrected chi connectivity index (χ4v) is 10.8. The Morgan fingerprint density at radius 1 is 0.914 bits per heavy atom. The first-order valence-corrected chi connectivity index (χ1v) is 14.3. The minimum absolute atomic E-state index is 0.0209. The van der Waals surface area contributed by atoms with Crippen LogP contribution in [0.5, 0.6) is 0 Å². The molecule has 0 radical (unpaired) electrons. The van der Waals surface area contributed by atoms with E-state index in [1.54, 1.807) is 7.11 Å². The van der Waals surface area contributed by atoms with E-state index < -0.39 is 11.5 Å². The number of aliphatic hydroxyl groups is 2. The Morgan fingerprint density at radius 2 is 1.57 bits per heavy atom. The Morgan fingerprint density at radius 3 is 2.23 bits per heavy atom. The zero-order valence-corrected chi connectivity index (χ0v) is 23.5. The second-order valence-electron chi connectivity index (χ2n) is 15.3. The van der Waals surface area contributed by atoms with Gasteiger partial charge < -0.3 is 14.9 Å². The number of hydrogen-bond donors (Lipinski definition) is 2. The Labute approximate surface area is 213 Å². The lowest BCUT2D eigenvalue weighted by atomic mass is 9.33. The second-order valence-corrected chi connectivity index (χ2v) is 15.3. The van der Waals surface area contributed by atoms with Crippen molar-refractivity contribution in [2.45, 2.75) is 118 Å². The van der Waals surface area contributed by atoms with Crippen LogP contribution in [-0.2, 0) is 9.53 Å². The van der Waals surface area contributed by atoms with Crippen LogP contribution in [0.3, 0.4) is 0 Å². The van der Waals surface area contributed by atoms with Gasteiger partial charge >= 0.3 is 5.97 Å². The average Bonchev–Trinajstić information content (AvgIpc) is 2.78. The highest BCUT2D eigenvalue weighted by atomic mass is 16.5. The van der Waals surface area contributed by atoms with Gasteiger partial charge in [-0.15, -0.1) is 0 Å². The topological polar surface area (TPSA) is 66.8 Å². The van der Waals surface area contributed by atoms with Crippen molar-refractivity contribution in [2.75, 3.05) is 7.11 Å². The quantitative estimate of drug-likeness (QED) is 0.337. The van der Waals surface area contributed by atoms with Crippen molar-refractivity contribution in [1.82, 2.24) is 0 Å². The van der Waals surface area contributed by atoms with E-state index in [-0.39, 0.29) is 45.1 Å². The molecule has 0 spiro atoms. The number of allylic oxidation sites excluding steroid dienone is 2. The molecule has 0 aromatic carbocycles. The summed E-state index contributed by atoms with van der Waals surface area (Å²) in [6.45, 7) is 16.4. The molecule has 5 aliphatic carbocycles. The molecule has 198 valence electrons. The molecule has 0 aromatic heterocycles. The van der Waals surface area contributed by atoms with Gasteiger partial charge in [0.1, 0.15) is 0 Å². The lowest BCUT2D eigenvalue weighted by Gasteiger charge is -2.72. The molecule has 2 N–H and O–H groups in total. The van der Waals surface area contributed by atoms with Gasteiger partial charge in [0.05, 0.1) is 24.7 Å². The zero-order valence-electron chi connectivity index (χ0n) is 23.5. The van der Waals surface area contributed by atoms with E-state index in [9.17, 15) is 15.0 Å². The van der Waals surface area contributed by atoms with E-state index in [0.29, 0.717) is 11.8 Å². The Balaban J connectivity index is 1.63. The van der Waals surface area contributed by atoms with Crippen molar-refractivity contribution in [3.63, 3.8) is 0 Å². The Hall–Kier alpha value is -0.870. The van der Waals surface area contributed by atoms with Crippen LogP contribution in [0.4, 0.5) is 0 Å². The summed E-state index contributed by atoms with van der Waals surface area (Å²) < 4.78 is 5.46. The molecule has 0 bridgehead atoms. The van der Waals surface area contributed by atoms with Gasteiger partial charge in [-0.3, -0.25) is 4.79 Å². The summed E-state index contributed by atoms with van der Waals surface area (Å²) in [6, 6.07) is 0. The molecule has 35 heavy (non-hydrogen) atoms. The van der Waals surface area contributed by atoms with Gasteiger partial charge in [0.2, 0.25) is 0 Å². The van der Waals surface area contributed by atoms with Crippen LogP contribution < -0.4 is 0 Å². The number of ether oxygens (including phenoxy) is 1. The van der Waals surface area contributed by atoms with Gasteiger partial charge in [-0.05, 0) is 97.2 Å². The van der Waals surface area contributed by atoms with E-state index in [0.717, 1.165) is 57.8 Å². The molecule has 0 aromatic rings. The molecule has 5 aliphatic rings. The van der Waals surface area contributed by atoms with Crippen molar-refractivity contribution in [3.05, 3.63) is 11.6 Å². The van der Waals surface area contributed by atoms with Gasteiger partial charge in [-0.2, -0.15) is 0 Å². The van der Waals surface area contributed by atoms with Crippen molar-refractivity contribution in [2.24, 2.45) is 50.2 Å². The van der Waals surface area contributed by atoms with Crippen LogP contribution in [-0.4, -0.2) is 35.5 Å². The first kappa shape index (κ1) is 25.8.